The first-order valence-electron chi connectivity index (χ1n) is 9.95. The Morgan fingerprint density at radius 2 is 2.11 bits per heavy atom. The van der Waals surface area contributed by atoms with Gasteiger partial charge >= 0.3 is 0 Å². The lowest BCUT2D eigenvalue weighted by molar-refractivity contribution is -0.108. The van der Waals surface area contributed by atoms with Crippen molar-refractivity contribution in [2.24, 2.45) is 0 Å². The Morgan fingerprint density at radius 1 is 1.21 bits per heavy atom. The van der Waals surface area contributed by atoms with Crippen LogP contribution in [-0.2, 0) is 17.6 Å². The number of fused-ring (bicyclic) bond motifs is 2. The Labute approximate surface area is 176 Å². The van der Waals surface area contributed by atoms with Gasteiger partial charge in [0, 0.05) is 22.9 Å². The van der Waals surface area contributed by atoms with Crippen LogP contribution in [0.5, 0.6) is 5.75 Å². The van der Waals surface area contributed by atoms with Crippen molar-refractivity contribution in [3.63, 3.8) is 0 Å². The number of methoxy groups -OCH3 is 1. The standard InChI is InChI=1S/C23H27NO2S2/c1-24(12-11-16-9-10-21-22(13-16)27-15-23(25)28-21)14-17-5-3-7-19-18(17)6-4-8-20(19)26-2/h4,6,8-10,13,17H,3,5,7,11-12,14-15H2,1-2H3. The molecule has 0 bridgehead atoms. The van der Waals surface area contributed by atoms with Crippen molar-refractivity contribution in [2.75, 3.05) is 33.0 Å². The Morgan fingerprint density at radius 3 is 2.96 bits per heavy atom. The highest BCUT2D eigenvalue weighted by Crippen LogP contribution is 2.38. The fourth-order valence-electron chi connectivity index (χ4n) is 4.28. The molecule has 2 aromatic carbocycles. The van der Waals surface area contributed by atoms with Crippen LogP contribution in [0.3, 0.4) is 0 Å². The van der Waals surface area contributed by atoms with Crippen LogP contribution in [-0.4, -0.2) is 43.0 Å². The molecule has 2 aromatic rings. The van der Waals surface area contributed by atoms with E-state index < -0.39 is 0 Å². The Kier molecular flexibility index (Phi) is 6.34. The molecule has 28 heavy (non-hydrogen) atoms. The van der Waals surface area contributed by atoms with Crippen LogP contribution < -0.4 is 4.74 Å². The first-order valence-corrected chi connectivity index (χ1v) is 11.7. The molecule has 0 N–H and O–H groups in total. The number of rotatable bonds is 6. The van der Waals surface area contributed by atoms with Crippen LogP contribution in [0, 0.1) is 0 Å². The fourth-order valence-corrected chi connectivity index (χ4v) is 6.25. The number of thioether (sulfide) groups is 2. The molecule has 1 unspecified atom stereocenters. The maximum Gasteiger partial charge on any atom is 0.203 e. The zero-order valence-electron chi connectivity index (χ0n) is 16.6. The highest BCUT2D eigenvalue weighted by atomic mass is 32.2. The van der Waals surface area contributed by atoms with Gasteiger partial charge in [-0.2, -0.15) is 0 Å². The molecule has 0 radical (unpaired) electrons. The van der Waals surface area contributed by atoms with Crippen LogP contribution in [0.25, 0.3) is 0 Å². The minimum absolute atomic E-state index is 0.259. The van der Waals surface area contributed by atoms with Gasteiger partial charge < -0.3 is 9.64 Å². The molecule has 1 heterocycles. The van der Waals surface area contributed by atoms with E-state index >= 15 is 0 Å². The lowest BCUT2D eigenvalue weighted by atomic mass is 9.82. The molecule has 0 aromatic heterocycles. The van der Waals surface area contributed by atoms with Gasteiger partial charge in [0.05, 0.1) is 12.9 Å². The van der Waals surface area contributed by atoms with Crippen molar-refractivity contribution >= 4 is 28.6 Å². The third-order valence-electron chi connectivity index (χ3n) is 5.70. The highest BCUT2D eigenvalue weighted by molar-refractivity contribution is 8.17. The first kappa shape index (κ1) is 19.9. The number of benzene rings is 2. The minimum atomic E-state index is 0.259. The molecule has 4 rings (SSSR count). The molecule has 0 saturated carbocycles. The Balaban J connectivity index is 1.37. The molecular weight excluding hydrogens is 386 g/mol. The van der Waals surface area contributed by atoms with Crippen LogP contribution in [0.2, 0.25) is 0 Å². The number of carbonyl (C=O) groups is 1. The van der Waals surface area contributed by atoms with Gasteiger partial charge in [-0.3, -0.25) is 4.79 Å². The normalized spacial score (nSPS) is 18.7. The lowest BCUT2D eigenvalue weighted by Gasteiger charge is -2.30. The molecule has 148 valence electrons. The van der Waals surface area contributed by atoms with Gasteiger partial charge in [0.25, 0.3) is 0 Å². The summed E-state index contributed by atoms with van der Waals surface area (Å²) in [6, 6.07) is 13.1. The minimum Gasteiger partial charge on any atom is -0.496 e. The lowest BCUT2D eigenvalue weighted by Crippen LogP contribution is -2.28. The van der Waals surface area contributed by atoms with Gasteiger partial charge in [-0.25, -0.2) is 0 Å². The molecule has 0 fully saturated rings. The quantitative estimate of drug-likeness (QED) is 0.664. The number of hydrogen-bond acceptors (Lipinski definition) is 5. The predicted octanol–water partition coefficient (Wildman–Crippen LogP) is 5.01. The van der Waals surface area contributed by atoms with Gasteiger partial charge in [-0.15, -0.1) is 11.8 Å². The summed E-state index contributed by atoms with van der Waals surface area (Å²) in [4.78, 5) is 16.4. The Bertz CT molecular complexity index is 868. The zero-order valence-corrected chi connectivity index (χ0v) is 18.2. The van der Waals surface area contributed by atoms with E-state index in [-0.39, 0.29) is 5.12 Å². The molecular formula is C23H27NO2S2. The second-order valence-electron chi connectivity index (χ2n) is 7.67. The molecule has 1 aliphatic heterocycles. The van der Waals surface area contributed by atoms with E-state index in [0.29, 0.717) is 11.7 Å². The van der Waals surface area contributed by atoms with Crippen LogP contribution in [0.1, 0.15) is 35.4 Å². The molecule has 0 saturated heterocycles. The Hall–Kier alpha value is -1.43. The van der Waals surface area contributed by atoms with Crippen molar-refractivity contribution in [1.82, 2.24) is 4.90 Å². The topological polar surface area (TPSA) is 29.5 Å². The van der Waals surface area contributed by atoms with E-state index in [4.69, 9.17) is 4.74 Å². The van der Waals surface area contributed by atoms with Gasteiger partial charge in [0.2, 0.25) is 5.12 Å². The van der Waals surface area contributed by atoms with E-state index in [1.165, 1.54) is 46.2 Å². The van der Waals surface area contributed by atoms with Crippen molar-refractivity contribution in [3.05, 3.63) is 53.1 Å². The summed E-state index contributed by atoms with van der Waals surface area (Å²) in [6.07, 6.45) is 4.67. The second kappa shape index (κ2) is 8.93. The maximum absolute atomic E-state index is 11.6. The number of ether oxygens (including phenoxy) is 1. The van der Waals surface area contributed by atoms with Gasteiger partial charge in [-0.1, -0.05) is 18.2 Å². The van der Waals surface area contributed by atoms with Crippen molar-refractivity contribution in [3.8, 4) is 5.75 Å². The molecule has 3 nitrogen and oxygen atoms in total. The fraction of sp³-hybridized carbons (Fsp3) is 0.435. The first-order chi connectivity index (χ1) is 13.6. The highest BCUT2D eigenvalue weighted by Gasteiger charge is 2.24. The average Bonchev–Trinajstić information content (AvgIpc) is 2.72. The summed E-state index contributed by atoms with van der Waals surface area (Å²) in [6.45, 7) is 2.13. The summed E-state index contributed by atoms with van der Waals surface area (Å²) in [5, 5.41) is 0.259. The third kappa shape index (κ3) is 4.42. The average molecular weight is 414 g/mol. The smallest absolute Gasteiger partial charge is 0.203 e. The molecule has 0 spiro atoms. The molecule has 5 heteroatoms. The largest absolute Gasteiger partial charge is 0.496 e. The van der Waals surface area contributed by atoms with Gasteiger partial charge in [0.15, 0.2) is 0 Å². The maximum atomic E-state index is 11.6. The van der Waals surface area contributed by atoms with E-state index in [1.54, 1.807) is 18.9 Å². The van der Waals surface area contributed by atoms with E-state index in [1.807, 2.05) is 0 Å². The van der Waals surface area contributed by atoms with Crippen molar-refractivity contribution in [2.45, 2.75) is 41.4 Å². The SMILES string of the molecule is COc1cccc2c1CCCC2CN(C)CCc1ccc2c(c1)SCC(=O)S2. The summed E-state index contributed by atoms with van der Waals surface area (Å²) < 4.78 is 5.58. The van der Waals surface area contributed by atoms with E-state index in [9.17, 15) is 4.79 Å². The van der Waals surface area contributed by atoms with Crippen molar-refractivity contribution in [1.29, 1.82) is 0 Å². The molecule has 0 amide bonds. The van der Waals surface area contributed by atoms with Gasteiger partial charge in [0.1, 0.15) is 5.75 Å². The molecule has 2 aliphatic rings. The number of likely N-dealkylation sites (N-methyl/N-ethyl adjacent to an activating group) is 1. The van der Waals surface area contributed by atoms with Crippen LogP contribution >= 0.6 is 23.5 Å². The molecule has 1 aliphatic carbocycles. The third-order valence-corrected chi connectivity index (χ3v) is 8.02. The molecule has 1 atom stereocenters. The predicted molar refractivity (Wildman–Crippen MR) is 118 cm³/mol. The second-order valence-corrected chi connectivity index (χ2v) is 9.79. The summed E-state index contributed by atoms with van der Waals surface area (Å²) in [5.41, 5.74) is 4.25. The van der Waals surface area contributed by atoms with Crippen LogP contribution in [0.15, 0.2) is 46.2 Å². The van der Waals surface area contributed by atoms with Crippen molar-refractivity contribution < 1.29 is 9.53 Å². The number of carbonyl (C=O) groups excluding carboxylic acids is 1. The summed E-state index contributed by atoms with van der Waals surface area (Å²) in [5.74, 6) is 2.23. The monoisotopic (exact) mass is 413 g/mol. The summed E-state index contributed by atoms with van der Waals surface area (Å²) >= 11 is 3.06. The summed E-state index contributed by atoms with van der Waals surface area (Å²) in [7, 11) is 4.01. The number of hydrogen-bond donors (Lipinski definition) is 0. The van der Waals surface area contributed by atoms with Crippen LogP contribution in [0.4, 0.5) is 0 Å². The number of nitrogens with zero attached hydrogens (tertiary/aromatic N) is 1. The van der Waals surface area contributed by atoms with E-state index in [2.05, 4.69) is 48.3 Å². The zero-order chi connectivity index (χ0) is 19.5. The van der Waals surface area contributed by atoms with E-state index in [0.717, 1.165) is 36.6 Å². The van der Waals surface area contributed by atoms with Gasteiger partial charge in [-0.05, 0) is 85.3 Å².